The van der Waals surface area contributed by atoms with E-state index in [1.807, 2.05) is 0 Å². The van der Waals surface area contributed by atoms with Crippen LogP contribution in [0.5, 0.6) is 0 Å². The van der Waals surface area contributed by atoms with Crippen LogP contribution in [0.1, 0.15) is 44.3 Å². The Morgan fingerprint density at radius 2 is 2.11 bits per heavy atom. The second kappa shape index (κ2) is 3.43. The number of nitrogens with zero attached hydrogens (tertiary/aromatic N) is 2. The first-order valence-corrected chi connectivity index (χ1v) is 8.01. The number of hydrogen-bond acceptors (Lipinski definition) is 2. The zero-order valence-electron chi connectivity index (χ0n) is 11.7. The maximum absolute atomic E-state index is 4.51. The Labute approximate surface area is 114 Å². The molecule has 2 heterocycles. The van der Waals surface area contributed by atoms with E-state index >= 15 is 0 Å². The van der Waals surface area contributed by atoms with Crippen LogP contribution < -0.4 is 5.32 Å². The van der Waals surface area contributed by atoms with Gasteiger partial charge in [-0.15, -0.1) is 0 Å². The summed E-state index contributed by atoms with van der Waals surface area (Å²) < 4.78 is 2.58. The normalized spacial score (nSPS) is 50.7. The average Bonchev–Trinajstić information content (AvgIpc) is 2.96. The van der Waals surface area contributed by atoms with Gasteiger partial charge in [0.15, 0.2) is 0 Å². The highest BCUT2D eigenvalue weighted by molar-refractivity contribution is 5.24. The summed E-state index contributed by atoms with van der Waals surface area (Å²) in [6.07, 6.45) is 10.1. The minimum atomic E-state index is 0.312. The third-order valence-electron chi connectivity index (χ3n) is 6.67. The molecule has 0 radical (unpaired) electrons. The lowest BCUT2D eigenvalue weighted by atomic mass is 9.86. The minimum Gasteiger partial charge on any atom is -0.330 e. The highest BCUT2D eigenvalue weighted by atomic mass is 15.2. The summed E-state index contributed by atoms with van der Waals surface area (Å²) >= 11 is 0. The molecule has 102 valence electrons. The molecule has 4 aliphatic rings. The van der Waals surface area contributed by atoms with Crippen molar-refractivity contribution in [3.8, 4) is 0 Å². The van der Waals surface area contributed by atoms with Gasteiger partial charge in [-0.2, -0.15) is 0 Å². The van der Waals surface area contributed by atoms with E-state index in [2.05, 4.69) is 34.3 Å². The van der Waals surface area contributed by atoms with E-state index in [1.165, 1.54) is 31.4 Å². The van der Waals surface area contributed by atoms with E-state index in [0.29, 0.717) is 5.41 Å². The van der Waals surface area contributed by atoms with Crippen LogP contribution in [0.2, 0.25) is 0 Å². The van der Waals surface area contributed by atoms with Crippen LogP contribution in [0.3, 0.4) is 0 Å². The zero-order valence-corrected chi connectivity index (χ0v) is 11.7. The smallest absolute Gasteiger partial charge is 0.0951 e. The van der Waals surface area contributed by atoms with Gasteiger partial charge < -0.3 is 9.88 Å². The third kappa shape index (κ3) is 1.30. The Bertz CT molecular complexity index is 498. The minimum absolute atomic E-state index is 0.312. The molecule has 1 aromatic rings. The van der Waals surface area contributed by atoms with E-state index < -0.39 is 0 Å². The van der Waals surface area contributed by atoms with Gasteiger partial charge in [-0.1, -0.05) is 6.92 Å². The molecule has 0 amide bonds. The van der Waals surface area contributed by atoms with Crippen LogP contribution in [0.15, 0.2) is 12.5 Å². The molecule has 1 aromatic heterocycles. The maximum Gasteiger partial charge on any atom is 0.0951 e. The predicted octanol–water partition coefficient (Wildman–Crippen LogP) is 2.35. The fourth-order valence-corrected chi connectivity index (χ4v) is 5.70. The first-order valence-electron chi connectivity index (χ1n) is 8.01. The van der Waals surface area contributed by atoms with Crippen LogP contribution in [-0.4, -0.2) is 22.6 Å². The van der Waals surface area contributed by atoms with Crippen molar-refractivity contribution in [1.29, 1.82) is 0 Å². The van der Waals surface area contributed by atoms with Gasteiger partial charge in [-0.05, 0) is 55.9 Å². The third-order valence-corrected chi connectivity index (χ3v) is 6.67. The molecule has 1 aliphatic heterocycles. The fourth-order valence-electron chi connectivity index (χ4n) is 5.70. The number of imidazole rings is 1. The highest BCUT2D eigenvalue weighted by Gasteiger charge is 2.66. The molecule has 2 bridgehead atoms. The number of hydrogen-bond donors (Lipinski definition) is 1. The molecule has 3 nitrogen and oxygen atoms in total. The molecular weight excluding hydrogens is 234 g/mol. The van der Waals surface area contributed by atoms with E-state index in [0.717, 1.165) is 42.8 Å². The summed E-state index contributed by atoms with van der Waals surface area (Å²) in [5, 5.41) is 3.53. The number of fused-ring (bicyclic) bond motifs is 5. The molecule has 0 aromatic carbocycles. The van der Waals surface area contributed by atoms with Crippen molar-refractivity contribution >= 4 is 0 Å². The molecule has 5 unspecified atom stereocenters. The number of aromatic nitrogens is 2. The zero-order chi connectivity index (χ0) is 12.6. The van der Waals surface area contributed by atoms with Crippen LogP contribution in [0.25, 0.3) is 0 Å². The first-order chi connectivity index (χ1) is 9.28. The van der Waals surface area contributed by atoms with Crippen molar-refractivity contribution in [2.45, 2.75) is 44.1 Å². The topological polar surface area (TPSA) is 29.9 Å². The van der Waals surface area contributed by atoms with Gasteiger partial charge in [0.1, 0.15) is 0 Å². The molecule has 4 fully saturated rings. The van der Waals surface area contributed by atoms with Crippen molar-refractivity contribution in [2.75, 3.05) is 13.1 Å². The molecule has 0 spiro atoms. The Kier molecular flexibility index (Phi) is 1.97. The van der Waals surface area contributed by atoms with E-state index in [-0.39, 0.29) is 0 Å². The Hall–Kier alpha value is -0.830. The lowest BCUT2D eigenvalue weighted by Gasteiger charge is -2.25. The molecule has 1 saturated heterocycles. The SMILES string of the molecule is CC1(c2cncn2C2C3C4CCC(C4)C32)CCNC1. The van der Waals surface area contributed by atoms with E-state index in [9.17, 15) is 0 Å². The van der Waals surface area contributed by atoms with Crippen LogP contribution in [0, 0.1) is 23.7 Å². The monoisotopic (exact) mass is 257 g/mol. The van der Waals surface area contributed by atoms with Crippen LogP contribution >= 0.6 is 0 Å². The second-order valence-electron chi connectivity index (χ2n) is 7.65. The lowest BCUT2D eigenvalue weighted by Crippen LogP contribution is -2.28. The van der Waals surface area contributed by atoms with Gasteiger partial charge in [-0.3, -0.25) is 0 Å². The Morgan fingerprint density at radius 1 is 1.32 bits per heavy atom. The molecule has 5 atom stereocenters. The lowest BCUT2D eigenvalue weighted by molar-refractivity contribution is 0.413. The van der Waals surface area contributed by atoms with Crippen LogP contribution in [-0.2, 0) is 5.41 Å². The van der Waals surface area contributed by atoms with Crippen molar-refractivity contribution in [3.05, 3.63) is 18.2 Å². The molecular formula is C16H23N3. The summed E-state index contributed by atoms with van der Waals surface area (Å²) in [5.74, 6) is 4.10. The maximum atomic E-state index is 4.51. The number of nitrogens with one attached hydrogen (secondary N) is 1. The first kappa shape index (κ1) is 10.9. The average molecular weight is 257 g/mol. The summed E-state index contributed by atoms with van der Waals surface area (Å²) in [5.41, 5.74) is 1.81. The molecule has 3 heteroatoms. The summed E-state index contributed by atoms with van der Waals surface area (Å²) in [4.78, 5) is 4.51. The largest absolute Gasteiger partial charge is 0.330 e. The van der Waals surface area contributed by atoms with E-state index in [4.69, 9.17) is 0 Å². The van der Waals surface area contributed by atoms with Crippen LogP contribution in [0.4, 0.5) is 0 Å². The quantitative estimate of drug-likeness (QED) is 0.881. The highest BCUT2D eigenvalue weighted by Crippen LogP contribution is 2.71. The van der Waals surface area contributed by atoms with Gasteiger partial charge in [0.2, 0.25) is 0 Å². The van der Waals surface area contributed by atoms with Gasteiger partial charge in [0.05, 0.1) is 6.33 Å². The van der Waals surface area contributed by atoms with Crippen molar-refractivity contribution in [2.24, 2.45) is 23.7 Å². The Morgan fingerprint density at radius 3 is 2.79 bits per heavy atom. The fraction of sp³-hybridized carbons (Fsp3) is 0.812. The van der Waals surface area contributed by atoms with E-state index in [1.54, 1.807) is 0 Å². The molecule has 1 N–H and O–H groups in total. The predicted molar refractivity (Wildman–Crippen MR) is 73.9 cm³/mol. The summed E-state index contributed by atoms with van der Waals surface area (Å²) in [7, 11) is 0. The second-order valence-corrected chi connectivity index (χ2v) is 7.65. The van der Waals surface area contributed by atoms with Gasteiger partial charge in [-0.25, -0.2) is 4.98 Å². The van der Waals surface area contributed by atoms with Gasteiger partial charge in [0, 0.05) is 29.9 Å². The summed E-state index contributed by atoms with van der Waals surface area (Å²) in [6, 6.07) is 0.807. The van der Waals surface area contributed by atoms with Crippen molar-refractivity contribution in [1.82, 2.24) is 14.9 Å². The molecule has 19 heavy (non-hydrogen) atoms. The Balaban J connectivity index is 1.50. The van der Waals surface area contributed by atoms with Gasteiger partial charge >= 0.3 is 0 Å². The molecule has 3 aliphatic carbocycles. The standard InChI is InChI=1S/C16H23N3/c1-16(4-5-17-8-16)12-7-18-9-19(12)15-13-10-2-3-11(6-10)14(13)15/h7,9-11,13-15,17H,2-6,8H2,1H3. The molecule has 5 rings (SSSR count). The molecule has 3 saturated carbocycles. The number of rotatable bonds is 2. The summed E-state index contributed by atoms with van der Waals surface area (Å²) in [6.45, 7) is 4.69. The van der Waals surface area contributed by atoms with Crippen molar-refractivity contribution in [3.63, 3.8) is 0 Å². The van der Waals surface area contributed by atoms with Crippen molar-refractivity contribution < 1.29 is 0 Å². The van der Waals surface area contributed by atoms with Gasteiger partial charge in [0.25, 0.3) is 0 Å².